The molecule has 0 spiro atoms. The SMILES string of the molecule is COc1ccc(-c2ccccc2)c(C[C@H](N)C(=O)O)c1.Cl. The molecular weight excluding hydrogens is 290 g/mol. The molecule has 2 rings (SSSR count). The molecule has 0 amide bonds. The Bertz CT molecular complexity index is 602. The molecule has 112 valence electrons. The molecular formula is C16H18ClNO3. The van der Waals surface area contributed by atoms with Crippen molar-refractivity contribution in [1.82, 2.24) is 0 Å². The van der Waals surface area contributed by atoms with Crippen molar-refractivity contribution in [3.8, 4) is 16.9 Å². The highest BCUT2D eigenvalue weighted by molar-refractivity contribution is 5.85. The van der Waals surface area contributed by atoms with Crippen LogP contribution >= 0.6 is 12.4 Å². The molecule has 0 aromatic heterocycles. The van der Waals surface area contributed by atoms with Gasteiger partial charge in [-0.05, 0) is 35.2 Å². The van der Waals surface area contributed by atoms with Gasteiger partial charge in [0.25, 0.3) is 0 Å². The third-order valence-electron chi connectivity index (χ3n) is 3.15. The minimum Gasteiger partial charge on any atom is -0.497 e. The smallest absolute Gasteiger partial charge is 0.320 e. The van der Waals surface area contributed by atoms with Crippen LogP contribution in [0.5, 0.6) is 5.75 Å². The number of carbonyl (C=O) groups is 1. The average molecular weight is 308 g/mol. The first-order chi connectivity index (χ1) is 9.61. The van der Waals surface area contributed by atoms with E-state index < -0.39 is 12.0 Å². The number of benzene rings is 2. The molecule has 0 saturated carbocycles. The second-order valence-corrected chi connectivity index (χ2v) is 4.54. The average Bonchev–Trinajstić information content (AvgIpc) is 2.48. The lowest BCUT2D eigenvalue weighted by atomic mass is 9.95. The zero-order valence-corrected chi connectivity index (χ0v) is 12.5. The van der Waals surface area contributed by atoms with Gasteiger partial charge in [0, 0.05) is 0 Å². The molecule has 0 saturated heterocycles. The molecule has 0 aliphatic heterocycles. The minimum absolute atomic E-state index is 0. The highest BCUT2D eigenvalue weighted by atomic mass is 35.5. The fraction of sp³-hybridized carbons (Fsp3) is 0.188. The molecule has 0 fully saturated rings. The lowest BCUT2D eigenvalue weighted by Gasteiger charge is -2.14. The van der Waals surface area contributed by atoms with E-state index in [4.69, 9.17) is 15.6 Å². The van der Waals surface area contributed by atoms with Crippen LogP contribution < -0.4 is 10.5 Å². The van der Waals surface area contributed by atoms with Crippen LogP contribution in [-0.2, 0) is 11.2 Å². The van der Waals surface area contributed by atoms with E-state index in [-0.39, 0.29) is 18.8 Å². The fourth-order valence-electron chi connectivity index (χ4n) is 2.09. The first-order valence-electron chi connectivity index (χ1n) is 6.32. The maximum Gasteiger partial charge on any atom is 0.320 e. The van der Waals surface area contributed by atoms with Crippen molar-refractivity contribution in [2.45, 2.75) is 12.5 Å². The Labute approximate surface area is 130 Å². The standard InChI is InChI=1S/C16H17NO3.ClH/c1-20-13-7-8-14(11-5-3-2-4-6-11)12(9-13)10-15(17)16(18)19;/h2-9,15H,10,17H2,1H3,(H,18,19);1H/t15-;/m0./s1. The lowest BCUT2D eigenvalue weighted by Crippen LogP contribution is -2.32. The highest BCUT2D eigenvalue weighted by Crippen LogP contribution is 2.28. The number of carboxylic acids is 1. The molecule has 2 aromatic carbocycles. The maximum absolute atomic E-state index is 10.9. The third kappa shape index (κ3) is 4.21. The Hall–Kier alpha value is -2.04. The van der Waals surface area contributed by atoms with Gasteiger partial charge in [0.15, 0.2) is 0 Å². The van der Waals surface area contributed by atoms with E-state index in [1.807, 2.05) is 48.5 Å². The monoisotopic (exact) mass is 307 g/mol. The second kappa shape index (κ2) is 7.67. The molecule has 0 aliphatic rings. The maximum atomic E-state index is 10.9. The van der Waals surface area contributed by atoms with Crippen LogP contribution in [0.15, 0.2) is 48.5 Å². The normalized spacial score (nSPS) is 11.3. The molecule has 4 nitrogen and oxygen atoms in total. The summed E-state index contributed by atoms with van der Waals surface area (Å²) < 4.78 is 5.20. The largest absolute Gasteiger partial charge is 0.497 e. The third-order valence-corrected chi connectivity index (χ3v) is 3.15. The Kier molecular flexibility index (Phi) is 6.21. The lowest BCUT2D eigenvalue weighted by molar-refractivity contribution is -0.138. The quantitative estimate of drug-likeness (QED) is 0.891. The molecule has 3 N–H and O–H groups in total. The summed E-state index contributed by atoms with van der Waals surface area (Å²) >= 11 is 0. The first kappa shape index (κ1) is 17.0. The summed E-state index contributed by atoms with van der Waals surface area (Å²) in [5, 5.41) is 8.98. The van der Waals surface area contributed by atoms with E-state index in [2.05, 4.69) is 0 Å². The summed E-state index contributed by atoms with van der Waals surface area (Å²) in [6, 6.07) is 14.5. The van der Waals surface area contributed by atoms with E-state index in [0.717, 1.165) is 16.7 Å². The van der Waals surface area contributed by atoms with Crippen LogP contribution in [-0.4, -0.2) is 24.2 Å². The number of hydrogen-bond acceptors (Lipinski definition) is 3. The van der Waals surface area contributed by atoms with Crippen molar-refractivity contribution in [2.24, 2.45) is 5.73 Å². The van der Waals surface area contributed by atoms with Gasteiger partial charge in [0.2, 0.25) is 0 Å². The van der Waals surface area contributed by atoms with E-state index in [1.165, 1.54) is 0 Å². The van der Waals surface area contributed by atoms with Crippen molar-refractivity contribution in [3.05, 3.63) is 54.1 Å². The summed E-state index contributed by atoms with van der Waals surface area (Å²) in [7, 11) is 1.58. The molecule has 0 aliphatic carbocycles. The van der Waals surface area contributed by atoms with Crippen LogP contribution in [0.3, 0.4) is 0 Å². The zero-order chi connectivity index (χ0) is 14.5. The predicted molar refractivity (Wildman–Crippen MR) is 85.0 cm³/mol. The molecule has 0 radical (unpaired) electrons. The number of carboxylic acid groups (broad SMARTS) is 1. The van der Waals surface area contributed by atoms with Crippen LogP contribution in [0, 0.1) is 0 Å². The van der Waals surface area contributed by atoms with Crippen molar-refractivity contribution in [3.63, 3.8) is 0 Å². The van der Waals surface area contributed by atoms with E-state index in [1.54, 1.807) is 7.11 Å². The number of rotatable bonds is 5. The molecule has 21 heavy (non-hydrogen) atoms. The summed E-state index contributed by atoms with van der Waals surface area (Å²) in [6.07, 6.45) is 0.261. The predicted octanol–water partition coefficient (Wildman–Crippen LogP) is 2.74. The molecule has 5 heteroatoms. The number of aliphatic carboxylic acids is 1. The van der Waals surface area contributed by atoms with Gasteiger partial charge < -0.3 is 15.6 Å². The molecule has 0 unspecified atom stereocenters. The Morgan fingerprint density at radius 3 is 2.48 bits per heavy atom. The molecule has 2 aromatic rings. The van der Waals surface area contributed by atoms with Crippen molar-refractivity contribution >= 4 is 18.4 Å². The van der Waals surface area contributed by atoms with Gasteiger partial charge in [-0.1, -0.05) is 36.4 Å². The van der Waals surface area contributed by atoms with Gasteiger partial charge in [-0.15, -0.1) is 12.4 Å². The van der Waals surface area contributed by atoms with Crippen LogP contribution in [0.2, 0.25) is 0 Å². The topological polar surface area (TPSA) is 72.5 Å². The number of ether oxygens (including phenoxy) is 1. The number of hydrogen-bond donors (Lipinski definition) is 2. The summed E-state index contributed by atoms with van der Waals surface area (Å²) in [5.74, 6) is -0.316. The number of nitrogens with two attached hydrogens (primary N) is 1. The Morgan fingerprint density at radius 1 is 1.24 bits per heavy atom. The molecule has 0 heterocycles. The first-order valence-corrected chi connectivity index (χ1v) is 6.32. The van der Waals surface area contributed by atoms with Crippen molar-refractivity contribution in [1.29, 1.82) is 0 Å². The van der Waals surface area contributed by atoms with Crippen molar-refractivity contribution < 1.29 is 14.6 Å². The second-order valence-electron chi connectivity index (χ2n) is 4.54. The van der Waals surface area contributed by atoms with E-state index in [9.17, 15) is 4.79 Å². The summed E-state index contributed by atoms with van der Waals surface area (Å²) in [6.45, 7) is 0. The summed E-state index contributed by atoms with van der Waals surface area (Å²) in [5.41, 5.74) is 8.52. The van der Waals surface area contributed by atoms with Crippen LogP contribution in [0.25, 0.3) is 11.1 Å². The van der Waals surface area contributed by atoms with Crippen molar-refractivity contribution in [2.75, 3.05) is 7.11 Å². The zero-order valence-electron chi connectivity index (χ0n) is 11.7. The number of halogens is 1. The highest BCUT2D eigenvalue weighted by Gasteiger charge is 2.16. The van der Waals surface area contributed by atoms with Crippen LogP contribution in [0.4, 0.5) is 0 Å². The van der Waals surface area contributed by atoms with Gasteiger partial charge in [0.05, 0.1) is 7.11 Å². The van der Waals surface area contributed by atoms with Crippen LogP contribution in [0.1, 0.15) is 5.56 Å². The van der Waals surface area contributed by atoms with Gasteiger partial charge in [0.1, 0.15) is 11.8 Å². The Morgan fingerprint density at radius 2 is 1.90 bits per heavy atom. The number of methoxy groups -OCH3 is 1. The van der Waals surface area contributed by atoms with E-state index in [0.29, 0.717) is 5.75 Å². The van der Waals surface area contributed by atoms with Gasteiger partial charge in [-0.3, -0.25) is 4.79 Å². The molecule has 1 atom stereocenters. The van der Waals surface area contributed by atoms with E-state index >= 15 is 0 Å². The van der Waals surface area contributed by atoms with Gasteiger partial charge in [-0.2, -0.15) is 0 Å². The minimum atomic E-state index is -1.01. The van der Waals surface area contributed by atoms with Gasteiger partial charge in [-0.25, -0.2) is 0 Å². The Balaban J connectivity index is 0.00000220. The summed E-state index contributed by atoms with van der Waals surface area (Å²) in [4.78, 5) is 10.9. The fourth-order valence-corrected chi connectivity index (χ4v) is 2.09. The molecule has 0 bridgehead atoms. The van der Waals surface area contributed by atoms with Gasteiger partial charge >= 0.3 is 5.97 Å².